The van der Waals surface area contributed by atoms with Crippen LogP contribution in [-0.4, -0.2) is 60.4 Å². The Morgan fingerprint density at radius 1 is 1.23 bits per heavy atom. The Labute approximate surface area is 184 Å². The standard InChI is InChI=1S/C23H35FN4O3/c1-18(2)6-11-21(29)26-28(16-4-15-27-14-3-5-22(27)30)23(31)17-25-13-12-19-7-9-20(24)10-8-19/h7-10,18,25H,3-6,11-17H2,1-2H3,(H,26,29). The fourth-order valence-corrected chi connectivity index (χ4v) is 3.40. The van der Waals surface area contributed by atoms with Crippen LogP contribution in [0.2, 0.25) is 0 Å². The number of carbonyl (C=O) groups is 3. The Bertz CT molecular complexity index is 724. The van der Waals surface area contributed by atoms with Gasteiger partial charge in [0.05, 0.1) is 6.54 Å². The Morgan fingerprint density at radius 2 is 1.97 bits per heavy atom. The summed E-state index contributed by atoms with van der Waals surface area (Å²) < 4.78 is 13.0. The second-order valence-corrected chi connectivity index (χ2v) is 8.40. The van der Waals surface area contributed by atoms with E-state index in [9.17, 15) is 18.8 Å². The van der Waals surface area contributed by atoms with Gasteiger partial charge >= 0.3 is 0 Å². The maximum atomic E-state index is 13.0. The number of benzene rings is 1. The van der Waals surface area contributed by atoms with Crippen LogP contribution >= 0.6 is 0 Å². The first-order valence-corrected chi connectivity index (χ1v) is 11.2. The molecule has 0 bridgehead atoms. The third kappa shape index (κ3) is 9.46. The normalized spacial score (nSPS) is 13.7. The second kappa shape index (κ2) is 13.0. The molecule has 0 spiro atoms. The first kappa shape index (κ1) is 24.8. The van der Waals surface area contributed by atoms with Crippen molar-refractivity contribution in [2.45, 2.75) is 52.4 Å². The van der Waals surface area contributed by atoms with E-state index in [2.05, 4.69) is 10.7 Å². The van der Waals surface area contributed by atoms with Gasteiger partial charge in [-0.25, -0.2) is 4.39 Å². The van der Waals surface area contributed by atoms with Crippen molar-refractivity contribution < 1.29 is 18.8 Å². The molecule has 0 unspecified atom stereocenters. The maximum Gasteiger partial charge on any atom is 0.254 e. The van der Waals surface area contributed by atoms with Gasteiger partial charge in [0.2, 0.25) is 11.8 Å². The highest BCUT2D eigenvalue weighted by atomic mass is 19.1. The summed E-state index contributed by atoms with van der Waals surface area (Å²) in [7, 11) is 0. The van der Waals surface area contributed by atoms with E-state index in [1.807, 2.05) is 18.7 Å². The molecule has 0 aliphatic carbocycles. The summed E-state index contributed by atoms with van der Waals surface area (Å²) in [4.78, 5) is 38.5. The van der Waals surface area contributed by atoms with Crippen LogP contribution in [0.3, 0.4) is 0 Å². The predicted molar refractivity (Wildman–Crippen MR) is 117 cm³/mol. The number of hydrazine groups is 1. The lowest BCUT2D eigenvalue weighted by Crippen LogP contribution is -2.50. The van der Waals surface area contributed by atoms with E-state index < -0.39 is 0 Å². The predicted octanol–water partition coefficient (Wildman–Crippen LogP) is 2.27. The molecule has 172 valence electrons. The number of hydrogen-bond acceptors (Lipinski definition) is 4. The van der Waals surface area contributed by atoms with Crippen LogP contribution in [-0.2, 0) is 20.8 Å². The monoisotopic (exact) mass is 434 g/mol. The van der Waals surface area contributed by atoms with Crippen LogP contribution in [0.1, 0.15) is 51.5 Å². The van der Waals surface area contributed by atoms with Crippen LogP contribution < -0.4 is 10.7 Å². The molecule has 1 saturated heterocycles. The number of nitrogens with one attached hydrogen (secondary N) is 2. The molecule has 0 atom stereocenters. The molecule has 8 heteroatoms. The minimum atomic E-state index is -0.272. The molecule has 1 aromatic carbocycles. The molecule has 31 heavy (non-hydrogen) atoms. The van der Waals surface area contributed by atoms with Crippen LogP contribution in [0.4, 0.5) is 4.39 Å². The van der Waals surface area contributed by atoms with Crippen molar-refractivity contribution in [3.63, 3.8) is 0 Å². The lowest BCUT2D eigenvalue weighted by Gasteiger charge is -2.25. The molecule has 0 radical (unpaired) electrons. The summed E-state index contributed by atoms with van der Waals surface area (Å²) in [5, 5.41) is 4.46. The Balaban J connectivity index is 1.79. The van der Waals surface area contributed by atoms with Crippen molar-refractivity contribution >= 4 is 17.7 Å². The molecular weight excluding hydrogens is 399 g/mol. The Hall–Kier alpha value is -2.48. The number of amides is 3. The molecule has 1 aliphatic rings. The van der Waals surface area contributed by atoms with Gasteiger partial charge in [0.1, 0.15) is 5.82 Å². The van der Waals surface area contributed by atoms with Gasteiger partial charge in [0.25, 0.3) is 5.91 Å². The van der Waals surface area contributed by atoms with E-state index in [4.69, 9.17) is 0 Å². The van der Waals surface area contributed by atoms with Gasteiger partial charge in [0, 0.05) is 32.5 Å². The minimum absolute atomic E-state index is 0.0916. The van der Waals surface area contributed by atoms with E-state index in [-0.39, 0.29) is 30.1 Å². The van der Waals surface area contributed by atoms with Crippen LogP contribution in [0.25, 0.3) is 0 Å². The molecule has 2 N–H and O–H groups in total. The molecule has 2 rings (SSSR count). The molecule has 7 nitrogen and oxygen atoms in total. The van der Waals surface area contributed by atoms with E-state index in [1.54, 1.807) is 12.1 Å². The van der Waals surface area contributed by atoms with E-state index >= 15 is 0 Å². The Morgan fingerprint density at radius 3 is 2.61 bits per heavy atom. The third-order valence-electron chi connectivity index (χ3n) is 5.27. The lowest BCUT2D eigenvalue weighted by molar-refractivity contribution is -0.141. The van der Waals surface area contributed by atoms with Gasteiger partial charge in [-0.2, -0.15) is 0 Å². The highest BCUT2D eigenvalue weighted by molar-refractivity contribution is 5.83. The first-order chi connectivity index (χ1) is 14.8. The molecule has 0 aromatic heterocycles. The number of likely N-dealkylation sites (tertiary alicyclic amines) is 1. The van der Waals surface area contributed by atoms with Gasteiger partial charge < -0.3 is 10.2 Å². The third-order valence-corrected chi connectivity index (χ3v) is 5.27. The van der Waals surface area contributed by atoms with Crippen molar-refractivity contribution in [2.24, 2.45) is 5.92 Å². The zero-order valence-corrected chi connectivity index (χ0v) is 18.7. The Kier molecular flexibility index (Phi) is 10.4. The lowest BCUT2D eigenvalue weighted by atomic mass is 10.1. The summed E-state index contributed by atoms with van der Waals surface area (Å²) in [5.41, 5.74) is 3.72. The molecule has 1 heterocycles. The van der Waals surface area contributed by atoms with Gasteiger partial charge in [0.15, 0.2) is 0 Å². The number of carbonyl (C=O) groups excluding carboxylic acids is 3. The first-order valence-electron chi connectivity index (χ1n) is 11.2. The van der Waals surface area contributed by atoms with Crippen molar-refractivity contribution in [1.29, 1.82) is 0 Å². The summed E-state index contributed by atoms with van der Waals surface area (Å²) in [6.07, 6.45) is 3.87. The van der Waals surface area contributed by atoms with E-state index in [0.29, 0.717) is 51.2 Å². The fraction of sp³-hybridized carbons (Fsp3) is 0.609. The highest BCUT2D eigenvalue weighted by Crippen LogP contribution is 2.10. The SMILES string of the molecule is CC(C)CCC(=O)NN(CCCN1CCCC1=O)C(=O)CNCCc1ccc(F)cc1. The van der Waals surface area contributed by atoms with Gasteiger partial charge in [-0.3, -0.25) is 24.8 Å². The van der Waals surface area contributed by atoms with Crippen LogP contribution in [0.15, 0.2) is 24.3 Å². The van der Waals surface area contributed by atoms with Crippen molar-refractivity contribution in [2.75, 3.05) is 32.7 Å². The van der Waals surface area contributed by atoms with Crippen LogP contribution in [0.5, 0.6) is 0 Å². The van der Waals surface area contributed by atoms with Gasteiger partial charge in [-0.15, -0.1) is 0 Å². The molecular formula is C23H35FN4O3. The number of nitrogens with zero attached hydrogens (tertiary/aromatic N) is 2. The van der Waals surface area contributed by atoms with Gasteiger partial charge in [-0.05, 0) is 55.8 Å². The molecule has 1 aromatic rings. The van der Waals surface area contributed by atoms with Crippen molar-refractivity contribution in [3.8, 4) is 0 Å². The smallest absolute Gasteiger partial charge is 0.254 e. The second-order valence-electron chi connectivity index (χ2n) is 8.40. The van der Waals surface area contributed by atoms with Crippen molar-refractivity contribution in [1.82, 2.24) is 20.7 Å². The summed E-state index contributed by atoms with van der Waals surface area (Å²) >= 11 is 0. The number of hydrogen-bond donors (Lipinski definition) is 2. The largest absolute Gasteiger partial charge is 0.343 e. The van der Waals surface area contributed by atoms with Gasteiger partial charge in [-0.1, -0.05) is 26.0 Å². The zero-order valence-electron chi connectivity index (χ0n) is 18.7. The summed E-state index contributed by atoms with van der Waals surface area (Å²) in [6.45, 7) is 6.46. The number of halogens is 1. The average molecular weight is 435 g/mol. The zero-order chi connectivity index (χ0) is 22.6. The topological polar surface area (TPSA) is 81.8 Å². The molecule has 1 aliphatic heterocycles. The average Bonchev–Trinajstić information content (AvgIpc) is 3.14. The van der Waals surface area contributed by atoms with Crippen molar-refractivity contribution in [3.05, 3.63) is 35.6 Å². The summed E-state index contributed by atoms with van der Waals surface area (Å²) in [5.74, 6) is -0.104. The molecule has 3 amide bonds. The highest BCUT2D eigenvalue weighted by Gasteiger charge is 2.21. The quantitative estimate of drug-likeness (QED) is 0.391. The maximum absolute atomic E-state index is 13.0. The fourth-order valence-electron chi connectivity index (χ4n) is 3.40. The number of rotatable bonds is 12. The molecule has 1 fully saturated rings. The summed E-state index contributed by atoms with van der Waals surface area (Å²) in [6, 6.07) is 6.28. The van der Waals surface area contributed by atoms with Crippen LogP contribution in [0, 0.1) is 11.7 Å². The van der Waals surface area contributed by atoms with E-state index in [0.717, 1.165) is 24.9 Å². The minimum Gasteiger partial charge on any atom is -0.343 e. The molecule has 0 saturated carbocycles. The van der Waals surface area contributed by atoms with E-state index in [1.165, 1.54) is 17.1 Å².